The van der Waals surface area contributed by atoms with Crippen LogP contribution in [-0.2, 0) is 23.2 Å². The normalized spacial score (nSPS) is 25.8. The monoisotopic (exact) mass is 748 g/mol. The number of esters is 1. The van der Waals surface area contributed by atoms with E-state index >= 15 is 0 Å². The summed E-state index contributed by atoms with van der Waals surface area (Å²) in [5.74, 6) is 0.278. The van der Waals surface area contributed by atoms with E-state index in [2.05, 4.69) is 121 Å². The van der Waals surface area contributed by atoms with Gasteiger partial charge in [0.25, 0.3) is 5.91 Å². The van der Waals surface area contributed by atoms with Crippen molar-refractivity contribution >= 4 is 30.0 Å². The summed E-state index contributed by atoms with van der Waals surface area (Å²) in [4.78, 5) is 30.3. The van der Waals surface area contributed by atoms with Crippen LogP contribution in [0.2, 0.25) is 26.2 Å². The number of carbonyl (C=O) groups excluding carboxylic acids is 2. The Labute approximate surface area is 318 Å². The molecule has 0 aromatic rings. The van der Waals surface area contributed by atoms with Gasteiger partial charge in [0.15, 0.2) is 18.1 Å². The number of amides is 1. The second-order valence-corrected chi connectivity index (χ2v) is 24.4. The van der Waals surface area contributed by atoms with E-state index in [0.717, 1.165) is 38.5 Å². The summed E-state index contributed by atoms with van der Waals surface area (Å²) in [6.07, 6.45) is 12.6. The number of allylic oxidation sites excluding steroid dienone is 3. The number of fused-ring (bicyclic) bond motifs is 1. The van der Waals surface area contributed by atoms with Crippen molar-refractivity contribution in [1.82, 2.24) is 4.90 Å². The number of unbranched alkanes of at least 4 members (excludes halogenated alkanes) is 1. The number of hydrogen-bond donors (Lipinski definition) is 0. The standard InChI is InChI=1S/C43H81NO5Si2/c1-19-21-26-44(14)38(45)43(48-50(15)16,49-51(17)18)35(41(9,10)11)28-33(40(6,7)8)24-25-34-29(3)22-23-32-27-30(4)31(5)37(36(32)34)47-39(46)42(12,13)20-2/h22-23,27,29-31,33-37,50-51H,19-21,24-26,28H2,1-18H3/t29-,30-,31+,33+,34-,35+,36-,37-/m0/s1. The Morgan fingerprint density at radius 1 is 0.882 bits per heavy atom. The van der Waals surface area contributed by atoms with Crippen molar-refractivity contribution in [2.45, 2.75) is 167 Å². The Kier molecular flexibility index (Phi) is 16.6. The van der Waals surface area contributed by atoms with Crippen LogP contribution in [0.1, 0.15) is 129 Å². The van der Waals surface area contributed by atoms with E-state index in [-0.39, 0.29) is 46.6 Å². The lowest BCUT2D eigenvalue weighted by atomic mass is 9.60. The average Bonchev–Trinajstić information content (AvgIpc) is 3.00. The zero-order valence-corrected chi connectivity index (χ0v) is 38.8. The van der Waals surface area contributed by atoms with Crippen molar-refractivity contribution in [3.8, 4) is 0 Å². The van der Waals surface area contributed by atoms with Crippen LogP contribution in [0, 0.1) is 57.7 Å². The molecule has 2 aliphatic carbocycles. The second kappa shape index (κ2) is 18.4. The first-order valence-electron chi connectivity index (χ1n) is 20.6. The van der Waals surface area contributed by atoms with Crippen LogP contribution in [0.25, 0.3) is 0 Å². The summed E-state index contributed by atoms with van der Waals surface area (Å²) in [5.41, 5.74) is 0.579. The smallest absolute Gasteiger partial charge is 0.311 e. The van der Waals surface area contributed by atoms with Crippen LogP contribution in [0.3, 0.4) is 0 Å². The predicted molar refractivity (Wildman–Crippen MR) is 221 cm³/mol. The highest BCUT2D eigenvalue weighted by molar-refractivity contribution is 6.50. The summed E-state index contributed by atoms with van der Waals surface area (Å²) in [6.45, 7) is 38.4. The minimum absolute atomic E-state index is 0.00303. The van der Waals surface area contributed by atoms with E-state index in [9.17, 15) is 9.59 Å². The molecule has 1 amide bonds. The summed E-state index contributed by atoms with van der Waals surface area (Å²) < 4.78 is 20.6. The Balaban J connectivity index is 2.62. The van der Waals surface area contributed by atoms with Crippen molar-refractivity contribution in [3.63, 3.8) is 0 Å². The van der Waals surface area contributed by atoms with Gasteiger partial charge in [-0.15, -0.1) is 0 Å². The molecule has 0 saturated heterocycles. The highest BCUT2D eigenvalue weighted by atomic mass is 28.3. The largest absolute Gasteiger partial charge is 0.461 e. The maximum Gasteiger partial charge on any atom is 0.311 e. The van der Waals surface area contributed by atoms with Gasteiger partial charge in [-0.2, -0.15) is 0 Å². The molecule has 8 heteroatoms. The van der Waals surface area contributed by atoms with Gasteiger partial charge in [0.1, 0.15) is 6.10 Å². The van der Waals surface area contributed by atoms with E-state index in [4.69, 9.17) is 13.6 Å². The fourth-order valence-electron chi connectivity index (χ4n) is 8.39. The van der Waals surface area contributed by atoms with Crippen LogP contribution in [0.5, 0.6) is 0 Å². The van der Waals surface area contributed by atoms with E-state index in [1.165, 1.54) is 5.57 Å². The summed E-state index contributed by atoms with van der Waals surface area (Å²) in [7, 11) is -1.49. The fourth-order valence-corrected chi connectivity index (χ4v) is 10.5. The number of rotatable bonds is 17. The molecule has 0 heterocycles. The van der Waals surface area contributed by atoms with Gasteiger partial charge in [-0.1, -0.05) is 101 Å². The number of nitrogens with zero attached hydrogens (tertiary/aromatic N) is 1. The lowest BCUT2D eigenvalue weighted by molar-refractivity contribution is -0.211. The molecule has 0 fully saturated rings. The summed E-state index contributed by atoms with van der Waals surface area (Å²) in [5, 5.41) is 0. The van der Waals surface area contributed by atoms with Crippen LogP contribution >= 0.6 is 0 Å². The average molecular weight is 748 g/mol. The zero-order valence-electron chi connectivity index (χ0n) is 36.4. The van der Waals surface area contributed by atoms with Crippen LogP contribution in [-0.4, -0.2) is 60.3 Å². The molecule has 6 nitrogen and oxygen atoms in total. The molecule has 0 saturated carbocycles. The minimum atomic E-state index is -1.71. The third-order valence-corrected chi connectivity index (χ3v) is 14.0. The van der Waals surface area contributed by atoms with Crippen molar-refractivity contribution in [3.05, 3.63) is 23.8 Å². The first-order valence-corrected chi connectivity index (χ1v) is 26.1. The van der Waals surface area contributed by atoms with E-state index in [1.54, 1.807) is 0 Å². The molecule has 0 bridgehead atoms. The number of carbonyl (C=O) groups is 2. The molecule has 51 heavy (non-hydrogen) atoms. The molecule has 0 radical (unpaired) electrons. The molecule has 0 aromatic carbocycles. The van der Waals surface area contributed by atoms with Crippen molar-refractivity contribution in [2.24, 2.45) is 57.7 Å². The SMILES string of the molecule is CCCCN(C)C(=O)C(O[SiH](C)C)(O[SiH](C)C)[C@H](C[C@@H](CC[C@@H]1[C@@H]2C(=C[C@H](C)[C@@H](C)[C@@H]2OC(=O)C(C)(C)CC)C=C[C@@H]1C)C(C)(C)C)C(C)(C)C. The molecule has 0 aromatic heterocycles. The fraction of sp³-hybridized carbons (Fsp3) is 0.860. The van der Waals surface area contributed by atoms with Gasteiger partial charge in [-0.25, -0.2) is 0 Å². The van der Waals surface area contributed by atoms with Crippen molar-refractivity contribution in [2.75, 3.05) is 13.6 Å². The Hall–Kier alpha value is -1.23. The minimum Gasteiger partial charge on any atom is -0.461 e. The highest BCUT2D eigenvalue weighted by Crippen LogP contribution is 2.51. The maximum atomic E-state index is 14.8. The lowest BCUT2D eigenvalue weighted by Gasteiger charge is -2.51. The summed E-state index contributed by atoms with van der Waals surface area (Å²) in [6, 6.07) is 0. The first kappa shape index (κ1) is 45.9. The van der Waals surface area contributed by atoms with Gasteiger partial charge in [-0.05, 0) is 118 Å². The lowest BCUT2D eigenvalue weighted by Crippen LogP contribution is -2.62. The van der Waals surface area contributed by atoms with Crippen molar-refractivity contribution in [1.29, 1.82) is 0 Å². The van der Waals surface area contributed by atoms with Crippen LogP contribution < -0.4 is 0 Å². The van der Waals surface area contributed by atoms with Gasteiger partial charge in [0.2, 0.25) is 5.79 Å². The van der Waals surface area contributed by atoms with Crippen LogP contribution in [0.4, 0.5) is 0 Å². The van der Waals surface area contributed by atoms with E-state index in [1.807, 2.05) is 25.8 Å². The van der Waals surface area contributed by atoms with E-state index < -0.39 is 29.3 Å². The molecule has 296 valence electrons. The quantitative estimate of drug-likeness (QED) is 0.0842. The van der Waals surface area contributed by atoms with Gasteiger partial charge in [0, 0.05) is 25.4 Å². The van der Waals surface area contributed by atoms with Crippen LogP contribution in [0.15, 0.2) is 23.8 Å². The molecule has 2 aliphatic rings. The Morgan fingerprint density at radius 3 is 1.92 bits per heavy atom. The first-order chi connectivity index (χ1) is 23.3. The zero-order chi connectivity index (χ0) is 39.3. The second-order valence-electron chi connectivity index (χ2n) is 19.8. The number of likely N-dealkylation sites (N-methyl/N-ethyl adjacent to an activating group) is 1. The number of hydrogen-bond acceptors (Lipinski definition) is 5. The molecule has 0 aliphatic heterocycles. The van der Waals surface area contributed by atoms with Gasteiger partial charge in [-0.3, -0.25) is 9.59 Å². The molecule has 0 spiro atoms. The predicted octanol–water partition coefficient (Wildman–Crippen LogP) is 10.4. The molecular formula is C43H81NO5Si2. The molecular weight excluding hydrogens is 667 g/mol. The molecule has 2 rings (SSSR count). The van der Waals surface area contributed by atoms with Gasteiger partial charge < -0.3 is 18.5 Å². The third kappa shape index (κ3) is 11.6. The molecule has 0 N–H and O–H groups in total. The van der Waals surface area contributed by atoms with Crippen molar-refractivity contribution < 1.29 is 23.2 Å². The Morgan fingerprint density at radius 2 is 1.45 bits per heavy atom. The molecule has 8 atom stereocenters. The van der Waals surface area contributed by atoms with E-state index in [0.29, 0.717) is 30.2 Å². The maximum absolute atomic E-state index is 14.8. The topological polar surface area (TPSA) is 65.1 Å². The number of ether oxygens (including phenoxy) is 1. The third-order valence-electron chi connectivity index (χ3n) is 12.4. The van der Waals surface area contributed by atoms with Gasteiger partial charge >= 0.3 is 5.97 Å². The summed E-state index contributed by atoms with van der Waals surface area (Å²) >= 11 is 0. The highest BCUT2D eigenvalue weighted by Gasteiger charge is 2.56. The Bertz CT molecular complexity index is 1190. The van der Waals surface area contributed by atoms with Gasteiger partial charge in [0.05, 0.1) is 5.41 Å². The molecule has 0 unspecified atom stereocenters.